The average Bonchev–Trinajstić information content (AvgIpc) is 3.16. The Morgan fingerprint density at radius 1 is 1.38 bits per heavy atom. The zero-order valence-corrected chi connectivity index (χ0v) is 11.6. The Kier molecular flexibility index (Phi) is 4.44. The van der Waals surface area contributed by atoms with E-state index in [-0.39, 0.29) is 31.2 Å². The van der Waals surface area contributed by atoms with Crippen LogP contribution < -0.4 is 11.1 Å². The summed E-state index contributed by atoms with van der Waals surface area (Å²) >= 11 is 0. The summed E-state index contributed by atoms with van der Waals surface area (Å²) in [6.45, 7) is 0.345. The molecule has 0 radical (unpaired) electrons. The number of nitrogens with zero attached hydrogens (tertiary/aromatic N) is 1. The number of amides is 3. The number of nitrogens with two attached hydrogens (primary N) is 1. The van der Waals surface area contributed by atoms with E-state index in [9.17, 15) is 19.2 Å². The number of carboxylic acids is 1. The Labute approximate surface area is 121 Å². The summed E-state index contributed by atoms with van der Waals surface area (Å²) in [7, 11) is 0. The van der Waals surface area contributed by atoms with Gasteiger partial charge in [-0.15, -0.1) is 0 Å². The Morgan fingerprint density at radius 3 is 2.57 bits per heavy atom. The van der Waals surface area contributed by atoms with Gasteiger partial charge in [0.1, 0.15) is 6.04 Å². The smallest absolute Gasteiger partial charge is 0.326 e. The minimum Gasteiger partial charge on any atom is -0.480 e. The maximum atomic E-state index is 12.1. The van der Waals surface area contributed by atoms with Gasteiger partial charge in [0.2, 0.25) is 17.7 Å². The number of hydrogen-bond donors (Lipinski definition) is 3. The summed E-state index contributed by atoms with van der Waals surface area (Å²) < 4.78 is 0. The Morgan fingerprint density at radius 2 is 2.05 bits per heavy atom. The molecule has 1 saturated heterocycles. The molecule has 0 aromatic rings. The number of nitrogens with one attached hydrogen (secondary N) is 1. The fourth-order valence-corrected chi connectivity index (χ4v) is 2.48. The molecule has 2 aliphatic rings. The third kappa shape index (κ3) is 3.93. The second kappa shape index (κ2) is 6.11. The predicted octanol–water partition coefficient (Wildman–Crippen LogP) is -1.17. The van der Waals surface area contributed by atoms with Crippen LogP contribution in [0.25, 0.3) is 0 Å². The number of carboxylic acid groups (broad SMARTS) is 1. The first-order chi connectivity index (χ1) is 9.88. The quantitative estimate of drug-likeness (QED) is 0.545. The van der Waals surface area contributed by atoms with E-state index in [4.69, 9.17) is 10.8 Å². The normalized spacial score (nSPS) is 23.0. The molecule has 1 saturated carbocycles. The second-order valence-electron chi connectivity index (χ2n) is 5.58. The molecule has 0 bridgehead atoms. The van der Waals surface area contributed by atoms with Gasteiger partial charge in [0.25, 0.3) is 0 Å². The summed E-state index contributed by atoms with van der Waals surface area (Å²) in [5.41, 5.74) is 4.97. The monoisotopic (exact) mass is 297 g/mol. The zero-order valence-electron chi connectivity index (χ0n) is 11.6. The molecule has 4 N–H and O–H groups in total. The first-order valence-corrected chi connectivity index (χ1v) is 6.99. The number of aliphatic carboxylic acids is 1. The highest BCUT2D eigenvalue weighted by Crippen LogP contribution is 2.32. The molecule has 1 heterocycles. The molecule has 2 unspecified atom stereocenters. The highest BCUT2D eigenvalue weighted by atomic mass is 16.4. The minimum atomic E-state index is -1.21. The molecule has 0 aromatic carbocycles. The van der Waals surface area contributed by atoms with Crippen molar-refractivity contribution in [2.24, 2.45) is 11.7 Å². The highest BCUT2D eigenvalue weighted by Gasteiger charge is 2.42. The fourth-order valence-electron chi connectivity index (χ4n) is 2.48. The van der Waals surface area contributed by atoms with E-state index in [1.54, 1.807) is 4.90 Å². The number of rotatable bonds is 7. The van der Waals surface area contributed by atoms with Gasteiger partial charge < -0.3 is 21.1 Å². The molecule has 116 valence electrons. The lowest BCUT2D eigenvalue weighted by Gasteiger charge is -2.18. The molecule has 2 fully saturated rings. The van der Waals surface area contributed by atoms with Crippen LogP contribution in [-0.4, -0.2) is 52.3 Å². The first-order valence-electron chi connectivity index (χ1n) is 6.99. The molecule has 3 amide bonds. The topological polar surface area (TPSA) is 130 Å². The van der Waals surface area contributed by atoms with Crippen molar-refractivity contribution < 1.29 is 24.3 Å². The standard InChI is InChI=1S/C13H19N3O5/c14-10(17)4-3-9(13(20)21)15-12(19)7-5-11(18)16(6-7)8-1-2-8/h7-9H,1-6H2,(H2,14,17)(H,15,19)(H,20,21). The molecule has 1 aliphatic carbocycles. The van der Waals surface area contributed by atoms with E-state index in [0.717, 1.165) is 12.8 Å². The van der Waals surface area contributed by atoms with Gasteiger partial charge in [0, 0.05) is 25.4 Å². The maximum absolute atomic E-state index is 12.1. The molecule has 0 aromatic heterocycles. The molecule has 21 heavy (non-hydrogen) atoms. The van der Waals surface area contributed by atoms with E-state index in [1.165, 1.54) is 0 Å². The van der Waals surface area contributed by atoms with Crippen LogP contribution in [0.1, 0.15) is 32.1 Å². The first kappa shape index (κ1) is 15.3. The molecule has 8 nitrogen and oxygen atoms in total. The van der Waals surface area contributed by atoms with Crippen LogP contribution in [0.2, 0.25) is 0 Å². The molecular formula is C13H19N3O5. The summed E-state index contributed by atoms with van der Waals surface area (Å²) in [6.07, 6.45) is 1.88. The van der Waals surface area contributed by atoms with E-state index >= 15 is 0 Å². The lowest BCUT2D eigenvalue weighted by Crippen LogP contribution is -2.44. The molecule has 2 rings (SSSR count). The van der Waals surface area contributed by atoms with Crippen LogP contribution in [0.3, 0.4) is 0 Å². The lowest BCUT2D eigenvalue weighted by molar-refractivity contribution is -0.142. The van der Waals surface area contributed by atoms with Crippen LogP contribution in [0.5, 0.6) is 0 Å². The van der Waals surface area contributed by atoms with Gasteiger partial charge in [0.15, 0.2) is 0 Å². The maximum Gasteiger partial charge on any atom is 0.326 e. The van der Waals surface area contributed by atoms with Gasteiger partial charge in [-0.25, -0.2) is 4.79 Å². The van der Waals surface area contributed by atoms with Crippen LogP contribution in [0, 0.1) is 5.92 Å². The number of likely N-dealkylation sites (tertiary alicyclic amines) is 1. The van der Waals surface area contributed by atoms with Gasteiger partial charge in [-0.1, -0.05) is 0 Å². The van der Waals surface area contributed by atoms with E-state index in [1.807, 2.05) is 0 Å². The predicted molar refractivity (Wildman–Crippen MR) is 70.8 cm³/mol. The summed E-state index contributed by atoms with van der Waals surface area (Å²) in [6, 6.07) is -0.907. The molecule has 0 spiro atoms. The zero-order chi connectivity index (χ0) is 15.6. The third-order valence-electron chi connectivity index (χ3n) is 3.81. The number of hydrogen-bond acceptors (Lipinski definition) is 4. The second-order valence-corrected chi connectivity index (χ2v) is 5.58. The van der Waals surface area contributed by atoms with Crippen molar-refractivity contribution in [1.82, 2.24) is 10.2 Å². The summed E-state index contributed by atoms with van der Waals surface area (Å²) in [5, 5.41) is 11.4. The lowest BCUT2D eigenvalue weighted by atomic mass is 10.1. The molecule has 1 aliphatic heterocycles. The summed E-state index contributed by atoms with van der Waals surface area (Å²) in [5.74, 6) is -2.86. The Bertz CT molecular complexity index is 474. The number of carbonyl (C=O) groups excluding carboxylic acids is 3. The van der Waals surface area contributed by atoms with Crippen LogP contribution in [0.15, 0.2) is 0 Å². The highest BCUT2D eigenvalue weighted by molar-refractivity contribution is 5.91. The van der Waals surface area contributed by atoms with Crippen molar-refractivity contribution in [2.45, 2.75) is 44.2 Å². The van der Waals surface area contributed by atoms with Crippen LogP contribution in [-0.2, 0) is 19.2 Å². The van der Waals surface area contributed by atoms with Crippen LogP contribution >= 0.6 is 0 Å². The molecular weight excluding hydrogens is 278 g/mol. The third-order valence-corrected chi connectivity index (χ3v) is 3.81. The van der Waals surface area contributed by atoms with Crippen molar-refractivity contribution in [3.63, 3.8) is 0 Å². The van der Waals surface area contributed by atoms with E-state index < -0.39 is 29.7 Å². The van der Waals surface area contributed by atoms with Gasteiger partial charge in [0.05, 0.1) is 5.92 Å². The average molecular weight is 297 g/mol. The largest absolute Gasteiger partial charge is 0.480 e. The van der Waals surface area contributed by atoms with Crippen molar-refractivity contribution in [3.8, 4) is 0 Å². The van der Waals surface area contributed by atoms with Crippen molar-refractivity contribution in [2.75, 3.05) is 6.54 Å². The van der Waals surface area contributed by atoms with Crippen LogP contribution in [0.4, 0.5) is 0 Å². The number of carbonyl (C=O) groups is 4. The van der Waals surface area contributed by atoms with E-state index in [2.05, 4.69) is 5.32 Å². The van der Waals surface area contributed by atoms with Gasteiger partial charge in [-0.05, 0) is 19.3 Å². The minimum absolute atomic E-state index is 0.0522. The van der Waals surface area contributed by atoms with E-state index in [0.29, 0.717) is 6.54 Å². The Balaban J connectivity index is 1.88. The van der Waals surface area contributed by atoms with Gasteiger partial charge in [-0.2, -0.15) is 0 Å². The molecule has 2 atom stereocenters. The van der Waals surface area contributed by atoms with Gasteiger partial charge >= 0.3 is 5.97 Å². The summed E-state index contributed by atoms with van der Waals surface area (Å²) in [4.78, 5) is 47.3. The van der Waals surface area contributed by atoms with Crippen molar-refractivity contribution in [3.05, 3.63) is 0 Å². The fraction of sp³-hybridized carbons (Fsp3) is 0.692. The van der Waals surface area contributed by atoms with Crippen molar-refractivity contribution in [1.29, 1.82) is 0 Å². The number of primary amides is 1. The molecule has 8 heteroatoms. The SMILES string of the molecule is NC(=O)CCC(NC(=O)C1CC(=O)N(C2CC2)C1)C(=O)O. The van der Waals surface area contributed by atoms with Gasteiger partial charge in [-0.3, -0.25) is 14.4 Å². The Hall–Kier alpha value is -2.12. The van der Waals surface area contributed by atoms with Crippen molar-refractivity contribution >= 4 is 23.7 Å².